The highest BCUT2D eigenvalue weighted by atomic mass is 16.4. The van der Waals surface area contributed by atoms with Crippen LogP contribution in [0.5, 0.6) is 0 Å². The van der Waals surface area contributed by atoms with Crippen molar-refractivity contribution < 1.29 is 20.4 Å². The smallest absolute Gasteiger partial charge is 0.126 e. The van der Waals surface area contributed by atoms with Gasteiger partial charge in [-0.1, -0.05) is 6.92 Å². The maximum Gasteiger partial charge on any atom is 0.126 e. The van der Waals surface area contributed by atoms with Crippen LogP contribution in [0.3, 0.4) is 0 Å². The van der Waals surface area contributed by atoms with E-state index < -0.39 is 24.9 Å². The van der Waals surface area contributed by atoms with Crippen LogP contribution >= 0.6 is 0 Å². The minimum atomic E-state index is -1.48. The highest BCUT2D eigenvalue weighted by molar-refractivity contribution is 5.06. The van der Waals surface area contributed by atoms with Crippen molar-refractivity contribution in [1.29, 1.82) is 0 Å². The van der Waals surface area contributed by atoms with Gasteiger partial charge >= 0.3 is 0 Å². The fourth-order valence-electron chi connectivity index (χ4n) is 1.19. The van der Waals surface area contributed by atoms with Gasteiger partial charge in [0.1, 0.15) is 18.3 Å². The third kappa shape index (κ3) is 2.96. The minimum Gasteiger partial charge on any atom is -0.394 e. The zero-order chi connectivity index (χ0) is 12.1. The van der Waals surface area contributed by atoms with Gasteiger partial charge in [0.2, 0.25) is 0 Å². The van der Waals surface area contributed by atoms with Gasteiger partial charge in [0.25, 0.3) is 0 Å². The molecule has 0 saturated heterocycles. The normalized spacial score (nSPS) is 16.8. The molecule has 90 valence electrons. The summed E-state index contributed by atoms with van der Waals surface area (Å²) in [5, 5.41) is 36.8. The second-order valence-corrected chi connectivity index (χ2v) is 3.47. The van der Waals surface area contributed by atoms with Gasteiger partial charge in [0.15, 0.2) is 0 Å². The molecule has 3 unspecified atom stereocenters. The average Bonchev–Trinajstić information content (AvgIpc) is 2.36. The summed E-state index contributed by atoms with van der Waals surface area (Å²) < 4.78 is 0. The lowest BCUT2D eigenvalue weighted by Gasteiger charge is -2.20. The molecule has 0 spiro atoms. The lowest BCUT2D eigenvalue weighted by molar-refractivity contribution is -0.0790. The lowest BCUT2D eigenvalue weighted by Crippen LogP contribution is -2.35. The summed E-state index contributed by atoms with van der Waals surface area (Å²) in [6.45, 7) is 1.29. The average molecular weight is 228 g/mol. The molecule has 1 aromatic heterocycles. The first-order valence-electron chi connectivity index (χ1n) is 5.06. The molecular weight excluding hydrogens is 212 g/mol. The number of aliphatic hydroxyl groups is 4. The Morgan fingerprint density at radius 2 is 1.88 bits per heavy atom. The molecular formula is C10H16N2O4. The molecule has 16 heavy (non-hydrogen) atoms. The van der Waals surface area contributed by atoms with E-state index in [1.807, 2.05) is 6.92 Å². The van der Waals surface area contributed by atoms with E-state index in [-0.39, 0.29) is 5.69 Å². The van der Waals surface area contributed by atoms with Gasteiger partial charge in [-0.3, -0.25) is 9.97 Å². The Kier molecular flexibility index (Phi) is 4.75. The molecule has 6 heteroatoms. The number of hydrogen-bond acceptors (Lipinski definition) is 6. The molecule has 0 aliphatic heterocycles. The summed E-state index contributed by atoms with van der Waals surface area (Å²) in [5.41, 5.74) is 0.936. The number of aryl methyl sites for hydroxylation is 1. The van der Waals surface area contributed by atoms with Crippen LogP contribution in [0.4, 0.5) is 0 Å². The fourth-order valence-corrected chi connectivity index (χ4v) is 1.19. The Morgan fingerprint density at radius 3 is 2.31 bits per heavy atom. The zero-order valence-corrected chi connectivity index (χ0v) is 8.98. The maximum atomic E-state index is 9.63. The molecule has 0 aliphatic rings. The van der Waals surface area contributed by atoms with Crippen LogP contribution < -0.4 is 0 Å². The van der Waals surface area contributed by atoms with Gasteiger partial charge in [-0.15, -0.1) is 0 Å². The van der Waals surface area contributed by atoms with Crippen molar-refractivity contribution in [1.82, 2.24) is 9.97 Å². The van der Waals surface area contributed by atoms with Crippen molar-refractivity contribution in [2.24, 2.45) is 0 Å². The lowest BCUT2D eigenvalue weighted by atomic mass is 10.1. The van der Waals surface area contributed by atoms with Gasteiger partial charge in [-0.05, 0) is 6.42 Å². The SMILES string of the molecule is CCc1cnc(C(O)C(O)C(O)CO)cn1. The van der Waals surface area contributed by atoms with Crippen molar-refractivity contribution >= 4 is 0 Å². The second kappa shape index (κ2) is 5.86. The number of aromatic nitrogens is 2. The molecule has 0 aromatic carbocycles. The zero-order valence-electron chi connectivity index (χ0n) is 8.98. The van der Waals surface area contributed by atoms with Gasteiger partial charge < -0.3 is 20.4 Å². The molecule has 1 heterocycles. The summed E-state index contributed by atoms with van der Waals surface area (Å²) in [6.07, 6.45) is -0.673. The third-order valence-electron chi connectivity index (χ3n) is 2.30. The standard InChI is InChI=1S/C10H16N2O4/c1-2-6-3-12-7(4-11-6)9(15)10(16)8(14)5-13/h3-4,8-10,13-16H,2,5H2,1H3. The van der Waals surface area contributed by atoms with E-state index >= 15 is 0 Å². The molecule has 6 nitrogen and oxygen atoms in total. The topological polar surface area (TPSA) is 107 Å². The Morgan fingerprint density at radius 1 is 1.19 bits per heavy atom. The molecule has 0 radical (unpaired) electrons. The maximum absolute atomic E-state index is 9.63. The molecule has 3 atom stereocenters. The quantitative estimate of drug-likeness (QED) is 0.503. The molecule has 0 amide bonds. The summed E-state index contributed by atoms with van der Waals surface area (Å²) in [4.78, 5) is 7.93. The first-order valence-corrected chi connectivity index (χ1v) is 5.06. The van der Waals surface area contributed by atoms with E-state index in [1.165, 1.54) is 12.4 Å². The first-order chi connectivity index (χ1) is 7.60. The molecule has 4 N–H and O–H groups in total. The first kappa shape index (κ1) is 13.0. The summed E-state index contributed by atoms with van der Waals surface area (Å²) in [6, 6.07) is 0. The van der Waals surface area contributed by atoms with E-state index in [4.69, 9.17) is 10.2 Å². The number of rotatable bonds is 5. The Labute approximate surface area is 93.2 Å². The van der Waals surface area contributed by atoms with E-state index in [2.05, 4.69) is 9.97 Å². The third-order valence-corrected chi connectivity index (χ3v) is 2.30. The number of nitrogens with zero attached hydrogens (tertiary/aromatic N) is 2. The van der Waals surface area contributed by atoms with Crippen LogP contribution in [-0.2, 0) is 6.42 Å². The monoisotopic (exact) mass is 228 g/mol. The van der Waals surface area contributed by atoms with E-state index in [0.29, 0.717) is 0 Å². The van der Waals surface area contributed by atoms with E-state index in [9.17, 15) is 10.2 Å². The van der Waals surface area contributed by atoms with Crippen LogP contribution in [0.15, 0.2) is 12.4 Å². The molecule has 0 fully saturated rings. The predicted molar refractivity (Wildman–Crippen MR) is 55.5 cm³/mol. The summed E-state index contributed by atoms with van der Waals surface area (Å²) in [7, 11) is 0. The molecule has 0 bridgehead atoms. The fraction of sp³-hybridized carbons (Fsp3) is 0.600. The molecule has 1 rings (SSSR count). The Hall–Kier alpha value is -1.08. The van der Waals surface area contributed by atoms with Crippen LogP contribution in [0.1, 0.15) is 24.4 Å². The van der Waals surface area contributed by atoms with Crippen LogP contribution in [0.2, 0.25) is 0 Å². The van der Waals surface area contributed by atoms with Crippen LogP contribution in [0, 0.1) is 0 Å². The van der Waals surface area contributed by atoms with Crippen molar-refractivity contribution in [2.45, 2.75) is 31.7 Å². The number of aliphatic hydroxyl groups excluding tert-OH is 4. The van der Waals surface area contributed by atoms with Crippen molar-refractivity contribution in [2.75, 3.05) is 6.61 Å². The van der Waals surface area contributed by atoms with Gasteiger partial charge in [0.05, 0.1) is 24.2 Å². The highest BCUT2D eigenvalue weighted by Gasteiger charge is 2.26. The van der Waals surface area contributed by atoms with Gasteiger partial charge in [-0.2, -0.15) is 0 Å². The minimum absolute atomic E-state index is 0.164. The summed E-state index contributed by atoms with van der Waals surface area (Å²) in [5.74, 6) is 0. The number of hydrogen-bond donors (Lipinski definition) is 4. The van der Waals surface area contributed by atoms with Gasteiger partial charge in [0, 0.05) is 6.20 Å². The van der Waals surface area contributed by atoms with E-state index in [1.54, 1.807) is 0 Å². The second-order valence-electron chi connectivity index (χ2n) is 3.47. The van der Waals surface area contributed by atoms with E-state index in [0.717, 1.165) is 12.1 Å². The predicted octanol–water partition coefficient (Wildman–Crippen LogP) is -1.21. The van der Waals surface area contributed by atoms with Crippen molar-refractivity contribution in [3.05, 3.63) is 23.8 Å². The van der Waals surface area contributed by atoms with Crippen molar-refractivity contribution in [3.63, 3.8) is 0 Å². The largest absolute Gasteiger partial charge is 0.394 e. The van der Waals surface area contributed by atoms with Gasteiger partial charge in [-0.25, -0.2) is 0 Å². The Balaban J connectivity index is 2.75. The van der Waals surface area contributed by atoms with Crippen LogP contribution in [0.25, 0.3) is 0 Å². The molecule has 0 aliphatic carbocycles. The molecule has 0 saturated carbocycles. The summed E-state index contributed by atoms with van der Waals surface area (Å²) >= 11 is 0. The van der Waals surface area contributed by atoms with Crippen LogP contribution in [-0.4, -0.2) is 49.2 Å². The Bertz CT molecular complexity index is 317. The highest BCUT2D eigenvalue weighted by Crippen LogP contribution is 2.16. The van der Waals surface area contributed by atoms with Crippen molar-refractivity contribution in [3.8, 4) is 0 Å². The molecule has 1 aromatic rings.